The van der Waals surface area contributed by atoms with E-state index in [1.165, 1.54) is 11.6 Å². The summed E-state index contributed by atoms with van der Waals surface area (Å²) in [6.45, 7) is 13.5. The molecule has 0 unspecified atom stereocenters. The Balaban J connectivity index is 1.52. The number of carbonyl (C=O) groups excluding carboxylic acids is 1. The van der Waals surface area contributed by atoms with Gasteiger partial charge in [-0.25, -0.2) is 4.98 Å². The molecule has 7 nitrogen and oxygen atoms in total. The van der Waals surface area contributed by atoms with E-state index in [4.69, 9.17) is 4.98 Å². The van der Waals surface area contributed by atoms with Gasteiger partial charge in [-0.1, -0.05) is 32.6 Å². The summed E-state index contributed by atoms with van der Waals surface area (Å²) >= 11 is 0. The first-order valence-corrected chi connectivity index (χ1v) is 13.2. The molecular formula is C30H34N6O. The van der Waals surface area contributed by atoms with Crippen molar-refractivity contribution in [2.45, 2.75) is 46.5 Å². The van der Waals surface area contributed by atoms with Crippen LogP contribution < -0.4 is 4.90 Å². The zero-order valence-electron chi connectivity index (χ0n) is 22.3. The zero-order chi connectivity index (χ0) is 26.1. The van der Waals surface area contributed by atoms with Gasteiger partial charge in [-0.15, -0.1) is 0 Å². The van der Waals surface area contributed by atoms with Crippen LogP contribution in [-0.2, 0) is 24.7 Å². The van der Waals surface area contributed by atoms with Crippen LogP contribution in [0.25, 0.3) is 22.0 Å². The number of anilines is 1. The van der Waals surface area contributed by atoms with Gasteiger partial charge in [0.15, 0.2) is 0 Å². The Kier molecular flexibility index (Phi) is 5.24. The second-order valence-corrected chi connectivity index (χ2v) is 12.1. The number of benzene rings is 1. The predicted molar refractivity (Wildman–Crippen MR) is 145 cm³/mol. The van der Waals surface area contributed by atoms with E-state index in [1.54, 1.807) is 0 Å². The highest BCUT2D eigenvalue weighted by atomic mass is 16.2. The SMILES string of the molecule is C=CC(=O)N1CC2(CCN(c3nc4c(c(-c5c(C)ccc6cnn(C)c56)c3C#N)CCC(C)(C)C4)C2)C1. The summed E-state index contributed by atoms with van der Waals surface area (Å²) in [6, 6.07) is 6.86. The molecule has 0 radical (unpaired) electrons. The molecule has 0 N–H and O–H groups in total. The van der Waals surface area contributed by atoms with Gasteiger partial charge in [0.05, 0.1) is 11.7 Å². The molecule has 2 aliphatic heterocycles. The maximum atomic E-state index is 12.1. The fourth-order valence-corrected chi connectivity index (χ4v) is 6.79. The van der Waals surface area contributed by atoms with Gasteiger partial charge in [-0.3, -0.25) is 9.48 Å². The van der Waals surface area contributed by atoms with E-state index in [1.807, 2.05) is 22.8 Å². The standard InChI is InChI=1S/C30H34N6O/c1-6-24(37)36-17-30(18-36)11-12-35(16-30)28-22(14-31)26(21-9-10-29(3,4)13-23(21)33-28)25-19(2)7-8-20-15-32-34(5)27(20)25/h6-8,15H,1,9-13,16-18H2,2-5H3. The lowest BCUT2D eigenvalue weighted by Crippen LogP contribution is -2.59. The smallest absolute Gasteiger partial charge is 0.245 e. The molecule has 2 aromatic heterocycles. The molecule has 4 heterocycles. The van der Waals surface area contributed by atoms with E-state index in [-0.39, 0.29) is 16.7 Å². The van der Waals surface area contributed by atoms with Gasteiger partial charge < -0.3 is 9.80 Å². The van der Waals surface area contributed by atoms with Crippen molar-refractivity contribution in [3.05, 3.63) is 53.4 Å². The van der Waals surface area contributed by atoms with Crippen molar-refractivity contribution in [3.63, 3.8) is 0 Å². The van der Waals surface area contributed by atoms with E-state index in [0.717, 1.165) is 91.0 Å². The molecule has 1 spiro atoms. The van der Waals surface area contributed by atoms with E-state index in [0.29, 0.717) is 5.56 Å². The van der Waals surface area contributed by atoms with E-state index < -0.39 is 0 Å². The third kappa shape index (κ3) is 3.65. The van der Waals surface area contributed by atoms with Crippen LogP contribution in [0.2, 0.25) is 0 Å². The number of aromatic nitrogens is 3. The van der Waals surface area contributed by atoms with Crippen molar-refractivity contribution in [2.24, 2.45) is 17.9 Å². The number of pyridine rings is 1. The molecule has 0 saturated carbocycles. The molecule has 3 aliphatic rings. The highest BCUT2D eigenvalue weighted by Crippen LogP contribution is 2.47. The van der Waals surface area contributed by atoms with Crippen molar-refractivity contribution in [2.75, 3.05) is 31.1 Å². The summed E-state index contributed by atoms with van der Waals surface area (Å²) in [6.07, 6.45) is 7.17. The lowest BCUT2D eigenvalue weighted by Gasteiger charge is -2.47. The number of hydrogen-bond donors (Lipinski definition) is 0. The molecule has 6 rings (SSSR count). The molecule has 1 amide bonds. The molecule has 0 atom stereocenters. The normalized spacial score (nSPS) is 19.5. The van der Waals surface area contributed by atoms with Crippen LogP contribution in [0.3, 0.4) is 0 Å². The number of likely N-dealkylation sites (tertiary alicyclic amines) is 1. The molecule has 3 aromatic rings. The number of nitrogens with zero attached hydrogens (tertiary/aromatic N) is 6. The molecule has 0 bridgehead atoms. The molecule has 2 saturated heterocycles. The van der Waals surface area contributed by atoms with Gasteiger partial charge in [0.1, 0.15) is 17.5 Å². The highest BCUT2D eigenvalue weighted by Gasteiger charge is 2.49. The summed E-state index contributed by atoms with van der Waals surface area (Å²) in [4.78, 5) is 21.5. The van der Waals surface area contributed by atoms with E-state index >= 15 is 0 Å². The average molecular weight is 495 g/mol. The van der Waals surface area contributed by atoms with Crippen LogP contribution in [0.4, 0.5) is 5.82 Å². The lowest BCUT2D eigenvalue weighted by molar-refractivity contribution is -0.136. The zero-order valence-corrected chi connectivity index (χ0v) is 22.3. The van der Waals surface area contributed by atoms with Crippen LogP contribution >= 0.6 is 0 Å². The number of carbonyl (C=O) groups is 1. The molecule has 37 heavy (non-hydrogen) atoms. The molecular weight excluding hydrogens is 460 g/mol. The van der Waals surface area contributed by atoms with Crippen LogP contribution in [0.5, 0.6) is 0 Å². The Morgan fingerprint density at radius 3 is 2.70 bits per heavy atom. The molecule has 190 valence electrons. The summed E-state index contributed by atoms with van der Waals surface area (Å²) in [7, 11) is 1.98. The van der Waals surface area contributed by atoms with Crippen LogP contribution in [-0.4, -0.2) is 51.8 Å². The van der Waals surface area contributed by atoms with Crippen molar-refractivity contribution < 1.29 is 4.79 Å². The maximum absolute atomic E-state index is 12.1. The first-order valence-electron chi connectivity index (χ1n) is 13.2. The van der Waals surface area contributed by atoms with Gasteiger partial charge >= 0.3 is 0 Å². The Hall–Kier alpha value is -3.66. The number of hydrogen-bond acceptors (Lipinski definition) is 5. The number of aryl methyl sites for hydroxylation is 2. The summed E-state index contributed by atoms with van der Waals surface area (Å²) < 4.78 is 1.93. The quantitative estimate of drug-likeness (QED) is 0.499. The molecule has 1 aromatic carbocycles. The first kappa shape index (κ1) is 23.7. The summed E-state index contributed by atoms with van der Waals surface area (Å²) in [5.41, 5.74) is 7.61. The van der Waals surface area contributed by atoms with Gasteiger partial charge in [-0.05, 0) is 55.2 Å². The van der Waals surface area contributed by atoms with Crippen LogP contribution in [0.15, 0.2) is 31.0 Å². The minimum absolute atomic E-state index is 0.00189. The topological polar surface area (TPSA) is 78.1 Å². The van der Waals surface area contributed by atoms with Gasteiger partial charge in [0.2, 0.25) is 5.91 Å². The van der Waals surface area contributed by atoms with Gasteiger partial charge in [0.25, 0.3) is 0 Å². The second kappa shape index (κ2) is 8.17. The number of nitriles is 1. The number of rotatable bonds is 3. The monoisotopic (exact) mass is 494 g/mol. The Labute approximate surface area is 218 Å². The Morgan fingerprint density at radius 2 is 1.97 bits per heavy atom. The van der Waals surface area contributed by atoms with Crippen LogP contribution in [0, 0.1) is 29.1 Å². The third-order valence-corrected chi connectivity index (χ3v) is 8.81. The first-order chi connectivity index (χ1) is 17.6. The predicted octanol–water partition coefficient (Wildman–Crippen LogP) is 4.56. The van der Waals surface area contributed by atoms with Gasteiger partial charge in [0, 0.05) is 60.8 Å². The summed E-state index contributed by atoms with van der Waals surface area (Å²) in [5, 5.41) is 16.3. The fraction of sp³-hybridized carbons (Fsp3) is 0.467. The van der Waals surface area contributed by atoms with Crippen molar-refractivity contribution in [3.8, 4) is 17.2 Å². The highest BCUT2D eigenvalue weighted by molar-refractivity contribution is 5.99. The average Bonchev–Trinajstić information content (AvgIpc) is 3.46. The minimum Gasteiger partial charge on any atom is -0.355 e. The Morgan fingerprint density at radius 1 is 1.19 bits per heavy atom. The third-order valence-electron chi connectivity index (χ3n) is 8.81. The van der Waals surface area contributed by atoms with E-state index in [2.05, 4.69) is 55.6 Å². The molecule has 1 aliphatic carbocycles. The maximum Gasteiger partial charge on any atom is 0.245 e. The molecule has 2 fully saturated rings. The fourth-order valence-electron chi connectivity index (χ4n) is 6.79. The Bertz CT molecular complexity index is 1500. The largest absolute Gasteiger partial charge is 0.355 e. The van der Waals surface area contributed by atoms with Gasteiger partial charge in [-0.2, -0.15) is 10.4 Å². The number of amides is 1. The van der Waals surface area contributed by atoms with Crippen molar-refractivity contribution in [1.82, 2.24) is 19.7 Å². The summed E-state index contributed by atoms with van der Waals surface area (Å²) in [5.74, 6) is 0.802. The van der Waals surface area contributed by atoms with Crippen molar-refractivity contribution >= 4 is 22.6 Å². The lowest BCUT2D eigenvalue weighted by atomic mass is 9.73. The second-order valence-electron chi connectivity index (χ2n) is 12.1. The number of fused-ring (bicyclic) bond motifs is 2. The molecule has 7 heteroatoms. The minimum atomic E-state index is -0.00189. The van der Waals surface area contributed by atoms with Crippen molar-refractivity contribution in [1.29, 1.82) is 5.26 Å². The van der Waals surface area contributed by atoms with E-state index in [9.17, 15) is 10.1 Å². The van der Waals surface area contributed by atoms with Crippen LogP contribution in [0.1, 0.15) is 49.1 Å².